The van der Waals surface area contributed by atoms with E-state index in [1.807, 2.05) is 0 Å². The molecule has 2 N–H and O–H groups in total. The summed E-state index contributed by atoms with van der Waals surface area (Å²) in [6.07, 6.45) is 0.537. The third-order valence-electron chi connectivity index (χ3n) is 2.11. The van der Waals surface area contributed by atoms with E-state index in [1.54, 1.807) is 0 Å². The average molecular weight is 283 g/mol. The lowest BCUT2D eigenvalue weighted by Crippen LogP contribution is -2.53. The first-order valence-electron chi connectivity index (χ1n) is 4.85. The molecule has 0 aromatic rings. The maximum absolute atomic E-state index is 11.5. The molecule has 0 radical (unpaired) electrons. The summed E-state index contributed by atoms with van der Waals surface area (Å²) in [5, 5.41) is 11.2. The van der Waals surface area contributed by atoms with Crippen LogP contribution in [0.15, 0.2) is 0 Å². The first kappa shape index (κ1) is 16.0. The van der Waals surface area contributed by atoms with Crippen molar-refractivity contribution in [1.82, 2.24) is 5.32 Å². The zero-order chi connectivity index (χ0) is 12.6. The predicted octanol–water partition coefficient (Wildman–Crippen LogP) is 0.886. The summed E-state index contributed by atoms with van der Waals surface area (Å²) < 4.78 is 0. The number of hydrogen-bond donors (Lipinski definition) is 5. The first-order valence-corrected chi connectivity index (χ1v) is 6.75. The van der Waals surface area contributed by atoms with E-state index in [4.69, 9.17) is 5.11 Å². The lowest BCUT2D eigenvalue weighted by Gasteiger charge is -2.30. The summed E-state index contributed by atoms with van der Waals surface area (Å²) in [6.45, 7) is 0. The minimum absolute atomic E-state index is 0.00302. The van der Waals surface area contributed by atoms with E-state index in [2.05, 4.69) is 43.2 Å². The van der Waals surface area contributed by atoms with Crippen molar-refractivity contribution < 1.29 is 14.7 Å². The van der Waals surface area contributed by atoms with Crippen molar-refractivity contribution in [1.29, 1.82) is 0 Å². The van der Waals surface area contributed by atoms with Gasteiger partial charge >= 0.3 is 5.97 Å². The number of carbonyl (C=O) groups is 2. The van der Waals surface area contributed by atoms with Crippen molar-refractivity contribution >= 4 is 49.8 Å². The van der Waals surface area contributed by atoms with Crippen LogP contribution in [0.25, 0.3) is 0 Å². The molecule has 0 aromatic carbocycles. The maximum Gasteiger partial charge on any atom is 0.303 e. The molecule has 1 amide bonds. The van der Waals surface area contributed by atoms with Crippen LogP contribution in [-0.2, 0) is 9.59 Å². The molecule has 0 aliphatic carbocycles. The maximum atomic E-state index is 11.5. The second-order valence-corrected chi connectivity index (χ2v) is 4.50. The van der Waals surface area contributed by atoms with Gasteiger partial charge in [-0.2, -0.15) is 37.9 Å². The van der Waals surface area contributed by atoms with Crippen molar-refractivity contribution in [2.24, 2.45) is 0 Å². The van der Waals surface area contributed by atoms with Gasteiger partial charge in [0.1, 0.15) is 0 Å². The van der Waals surface area contributed by atoms with Crippen LogP contribution in [0.2, 0.25) is 0 Å². The topological polar surface area (TPSA) is 66.4 Å². The fourth-order valence-electron chi connectivity index (χ4n) is 1.03. The van der Waals surface area contributed by atoms with E-state index in [9.17, 15) is 9.59 Å². The van der Waals surface area contributed by atoms with Crippen molar-refractivity contribution in [2.75, 3.05) is 17.3 Å². The highest BCUT2D eigenvalue weighted by molar-refractivity contribution is 7.82. The third kappa shape index (κ3) is 5.91. The van der Waals surface area contributed by atoms with Crippen molar-refractivity contribution in [3.8, 4) is 0 Å². The fourth-order valence-corrected chi connectivity index (χ4v) is 2.46. The van der Waals surface area contributed by atoms with Gasteiger partial charge in [0.25, 0.3) is 0 Å². The molecule has 0 aliphatic heterocycles. The molecule has 0 aromatic heterocycles. The molecular weight excluding hydrogens is 266 g/mol. The molecule has 0 aliphatic rings. The molecule has 7 heteroatoms. The van der Waals surface area contributed by atoms with Crippen molar-refractivity contribution in [3.63, 3.8) is 0 Å². The number of rotatable bonds is 8. The van der Waals surface area contributed by atoms with Crippen LogP contribution in [0.1, 0.15) is 19.3 Å². The molecule has 0 saturated carbocycles. The molecule has 0 unspecified atom stereocenters. The van der Waals surface area contributed by atoms with Gasteiger partial charge in [-0.05, 0) is 6.42 Å². The van der Waals surface area contributed by atoms with Crippen LogP contribution < -0.4 is 5.32 Å². The largest absolute Gasteiger partial charge is 0.481 e. The van der Waals surface area contributed by atoms with E-state index in [0.717, 1.165) is 0 Å². The first-order chi connectivity index (χ1) is 7.49. The van der Waals surface area contributed by atoms with Gasteiger partial charge in [0.15, 0.2) is 0 Å². The summed E-state index contributed by atoms with van der Waals surface area (Å²) in [5.74, 6) is 0.273. The number of hydrogen-bond acceptors (Lipinski definition) is 5. The van der Waals surface area contributed by atoms with E-state index in [1.165, 1.54) is 0 Å². The van der Waals surface area contributed by atoms with Gasteiger partial charge in [0.2, 0.25) is 5.91 Å². The van der Waals surface area contributed by atoms with Crippen LogP contribution >= 0.6 is 37.9 Å². The van der Waals surface area contributed by atoms with Gasteiger partial charge in [-0.3, -0.25) is 9.59 Å². The molecule has 0 spiro atoms. The highest BCUT2D eigenvalue weighted by atomic mass is 32.1. The molecule has 0 fully saturated rings. The Morgan fingerprint density at radius 2 is 1.56 bits per heavy atom. The van der Waals surface area contributed by atoms with Gasteiger partial charge in [0, 0.05) is 30.1 Å². The second kappa shape index (κ2) is 8.14. The standard InChI is InChI=1S/C9H17NO3S3/c11-7(2-1-3-8(12)13)10-9(4-14,5-15)6-16/h14-16H,1-6H2,(H,10,11)(H,12,13). The van der Waals surface area contributed by atoms with Gasteiger partial charge < -0.3 is 10.4 Å². The number of carboxylic acid groups (broad SMARTS) is 1. The molecule has 4 nitrogen and oxygen atoms in total. The zero-order valence-corrected chi connectivity index (χ0v) is 11.5. The van der Waals surface area contributed by atoms with Crippen LogP contribution in [0.3, 0.4) is 0 Å². The summed E-state index contributed by atoms with van der Waals surface area (Å²) >= 11 is 12.5. The SMILES string of the molecule is O=C(O)CCCC(=O)NC(CS)(CS)CS. The van der Waals surface area contributed by atoms with E-state index in [0.29, 0.717) is 23.7 Å². The van der Waals surface area contributed by atoms with Crippen LogP contribution in [0.5, 0.6) is 0 Å². The van der Waals surface area contributed by atoms with Crippen molar-refractivity contribution in [2.45, 2.75) is 24.8 Å². The van der Waals surface area contributed by atoms with E-state index in [-0.39, 0.29) is 18.7 Å². The molecule has 16 heavy (non-hydrogen) atoms. The van der Waals surface area contributed by atoms with E-state index >= 15 is 0 Å². The molecule has 94 valence electrons. The summed E-state index contributed by atoms with van der Waals surface area (Å²) in [4.78, 5) is 21.8. The van der Waals surface area contributed by atoms with Crippen LogP contribution in [-0.4, -0.2) is 39.8 Å². The van der Waals surface area contributed by atoms with Gasteiger partial charge in [-0.1, -0.05) is 0 Å². The number of carboxylic acids is 1. The molecule has 0 bridgehead atoms. The number of amides is 1. The highest BCUT2D eigenvalue weighted by Crippen LogP contribution is 2.12. The molecular formula is C9H17NO3S3. The Balaban J connectivity index is 4.05. The number of nitrogens with one attached hydrogen (secondary N) is 1. The lowest BCUT2D eigenvalue weighted by molar-refractivity contribution is -0.137. The zero-order valence-electron chi connectivity index (χ0n) is 8.85. The minimum atomic E-state index is -0.892. The van der Waals surface area contributed by atoms with Gasteiger partial charge in [-0.15, -0.1) is 0 Å². The highest BCUT2D eigenvalue weighted by Gasteiger charge is 2.27. The Bertz CT molecular complexity index is 236. The monoisotopic (exact) mass is 283 g/mol. The lowest BCUT2D eigenvalue weighted by atomic mass is 10.1. The van der Waals surface area contributed by atoms with E-state index < -0.39 is 11.5 Å². The number of carbonyl (C=O) groups excluding carboxylic acids is 1. The predicted molar refractivity (Wildman–Crippen MR) is 73.9 cm³/mol. The van der Waals surface area contributed by atoms with Crippen LogP contribution in [0.4, 0.5) is 0 Å². The second-order valence-electron chi connectivity index (χ2n) is 3.55. The molecule has 0 rings (SSSR count). The fraction of sp³-hybridized carbons (Fsp3) is 0.778. The number of thiol groups is 3. The quantitative estimate of drug-likeness (QED) is 0.430. The molecule has 0 heterocycles. The number of aliphatic carboxylic acids is 1. The Morgan fingerprint density at radius 3 is 1.94 bits per heavy atom. The smallest absolute Gasteiger partial charge is 0.303 e. The summed E-state index contributed by atoms with van der Waals surface area (Å²) in [7, 11) is 0. The molecule has 0 saturated heterocycles. The average Bonchev–Trinajstić information content (AvgIpc) is 2.25. The summed E-state index contributed by atoms with van der Waals surface area (Å²) in [6, 6.07) is 0. The van der Waals surface area contributed by atoms with Crippen LogP contribution in [0, 0.1) is 0 Å². The normalized spacial score (nSPS) is 11.2. The Labute approximate surface area is 112 Å². The molecule has 0 atom stereocenters. The Morgan fingerprint density at radius 1 is 1.06 bits per heavy atom. The Hall–Kier alpha value is -0.0100. The third-order valence-corrected chi connectivity index (χ3v) is 3.92. The summed E-state index contributed by atoms with van der Waals surface area (Å²) in [5.41, 5.74) is -0.518. The van der Waals surface area contributed by atoms with Gasteiger partial charge in [0.05, 0.1) is 5.54 Å². The van der Waals surface area contributed by atoms with Crippen molar-refractivity contribution in [3.05, 3.63) is 0 Å². The minimum Gasteiger partial charge on any atom is -0.481 e. The Kier molecular flexibility index (Phi) is 8.13. The van der Waals surface area contributed by atoms with Gasteiger partial charge in [-0.25, -0.2) is 0 Å².